The van der Waals surface area contributed by atoms with Gasteiger partial charge in [0.25, 0.3) is 5.91 Å². The van der Waals surface area contributed by atoms with Crippen molar-refractivity contribution in [2.24, 2.45) is 0 Å². The smallest absolute Gasteiger partial charge is 0.312 e. The van der Waals surface area contributed by atoms with Crippen LogP contribution in [-0.4, -0.2) is 23.5 Å². The van der Waals surface area contributed by atoms with Gasteiger partial charge in [-0.2, -0.15) is 11.3 Å². The molecule has 1 N–H and O–H groups in total. The fraction of sp³-hybridized carbons (Fsp3) is 0.211. The molecule has 2 aromatic heterocycles. The molecule has 140 valence electrons. The summed E-state index contributed by atoms with van der Waals surface area (Å²) in [4.78, 5) is 28.1. The molecule has 0 unspecified atom stereocenters. The van der Waals surface area contributed by atoms with Crippen molar-refractivity contribution in [1.29, 1.82) is 0 Å². The fourth-order valence-electron chi connectivity index (χ4n) is 2.25. The van der Waals surface area contributed by atoms with E-state index in [0.717, 1.165) is 10.6 Å². The molecule has 0 aliphatic rings. The average molecular weight is 404 g/mol. The average Bonchev–Trinajstić information content (AvgIpc) is 3.32. The number of esters is 1. The highest BCUT2D eigenvalue weighted by molar-refractivity contribution is 7.14. The minimum atomic E-state index is -0.520. The van der Waals surface area contributed by atoms with E-state index in [1.807, 2.05) is 16.8 Å². The number of amides is 1. The first-order chi connectivity index (χ1) is 13.0. The molecule has 0 radical (unpaired) electrons. The number of nitrogens with one attached hydrogen (secondary N) is 1. The van der Waals surface area contributed by atoms with Gasteiger partial charge in [0.2, 0.25) is 0 Å². The van der Waals surface area contributed by atoms with Gasteiger partial charge in [-0.1, -0.05) is 12.1 Å². The van der Waals surface area contributed by atoms with Crippen LogP contribution in [-0.2, 0) is 27.3 Å². The predicted molar refractivity (Wildman–Crippen MR) is 103 cm³/mol. The summed E-state index contributed by atoms with van der Waals surface area (Å²) in [6, 6.07) is 6.72. The summed E-state index contributed by atoms with van der Waals surface area (Å²) in [6.07, 6.45) is 0.0110. The van der Waals surface area contributed by atoms with Crippen LogP contribution in [0.25, 0.3) is 10.6 Å². The number of rotatable bonds is 7. The number of thiazole rings is 1. The Morgan fingerprint density at radius 1 is 1.26 bits per heavy atom. The van der Waals surface area contributed by atoms with Crippen LogP contribution in [0.2, 0.25) is 0 Å². The van der Waals surface area contributed by atoms with Gasteiger partial charge < -0.3 is 10.1 Å². The molecule has 0 bridgehead atoms. The normalized spacial score (nSPS) is 10.6. The number of hydrogen-bond acceptors (Lipinski definition) is 6. The molecule has 1 amide bonds. The summed E-state index contributed by atoms with van der Waals surface area (Å²) < 4.78 is 18.5. The number of halogens is 1. The quantitative estimate of drug-likeness (QED) is 0.610. The molecular weight excluding hydrogens is 387 g/mol. The van der Waals surface area contributed by atoms with Crippen LogP contribution in [0.5, 0.6) is 0 Å². The van der Waals surface area contributed by atoms with Crippen molar-refractivity contribution in [2.45, 2.75) is 19.9 Å². The van der Waals surface area contributed by atoms with Gasteiger partial charge in [0.1, 0.15) is 10.8 Å². The molecule has 5 nitrogen and oxygen atoms in total. The Morgan fingerprint density at radius 2 is 2.11 bits per heavy atom. The van der Waals surface area contributed by atoms with Crippen molar-refractivity contribution < 1.29 is 18.7 Å². The van der Waals surface area contributed by atoms with E-state index in [2.05, 4.69) is 10.3 Å². The molecule has 3 rings (SSSR count). The third-order valence-electron chi connectivity index (χ3n) is 3.74. The van der Waals surface area contributed by atoms with E-state index in [0.29, 0.717) is 16.8 Å². The first kappa shape index (κ1) is 19.2. The first-order valence-corrected chi connectivity index (χ1v) is 9.98. The van der Waals surface area contributed by atoms with Crippen molar-refractivity contribution >= 4 is 34.6 Å². The number of ether oxygens (including phenoxy) is 1. The van der Waals surface area contributed by atoms with Crippen LogP contribution < -0.4 is 5.32 Å². The Bertz CT molecular complexity index is 938. The molecule has 0 fully saturated rings. The lowest BCUT2D eigenvalue weighted by Gasteiger charge is -2.07. The molecule has 0 aliphatic heterocycles. The predicted octanol–water partition coefficient (Wildman–Crippen LogP) is 3.72. The molecular formula is C19H17FN2O3S2. The second-order valence-electron chi connectivity index (χ2n) is 5.85. The highest BCUT2D eigenvalue weighted by Crippen LogP contribution is 2.25. The lowest BCUT2D eigenvalue weighted by atomic mass is 10.1. The van der Waals surface area contributed by atoms with Crippen LogP contribution in [0.1, 0.15) is 16.8 Å². The monoisotopic (exact) mass is 404 g/mol. The number of thiophene rings is 1. The molecule has 0 spiro atoms. The van der Waals surface area contributed by atoms with E-state index in [1.54, 1.807) is 35.8 Å². The third kappa shape index (κ3) is 5.45. The Kier molecular flexibility index (Phi) is 6.31. The van der Waals surface area contributed by atoms with Crippen molar-refractivity contribution in [2.75, 3.05) is 6.61 Å². The number of aromatic nitrogens is 1. The molecule has 0 saturated carbocycles. The number of hydrogen-bond donors (Lipinski definition) is 1. The summed E-state index contributed by atoms with van der Waals surface area (Å²) in [5.41, 5.74) is 2.82. The second kappa shape index (κ2) is 8.88. The van der Waals surface area contributed by atoms with Crippen molar-refractivity contribution in [1.82, 2.24) is 10.3 Å². The lowest BCUT2D eigenvalue weighted by Crippen LogP contribution is -2.28. The van der Waals surface area contributed by atoms with E-state index in [-0.39, 0.29) is 25.4 Å². The van der Waals surface area contributed by atoms with Gasteiger partial charge in [-0.15, -0.1) is 11.3 Å². The summed E-state index contributed by atoms with van der Waals surface area (Å²) >= 11 is 3.04. The van der Waals surface area contributed by atoms with Gasteiger partial charge in [-0.05, 0) is 35.6 Å². The number of carbonyl (C=O) groups is 2. The van der Waals surface area contributed by atoms with Gasteiger partial charge in [0, 0.05) is 22.9 Å². The van der Waals surface area contributed by atoms with E-state index < -0.39 is 11.9 Å². The summed E-state index contributed by atoms with van der Waals surface area (Å²) in [5.74, 6) is -1.28. The molecule has 27 heavy (non-hydrogen) atoms. The van der Waals surface area contributed by atoms with Crippen LogP contribution in [0, 0.1) is 12.7 Å². The highest BCUT2D eigenvalue weighted by Gasteiger charge is 2.12. The lowest BCUT2D eigenvalue weighted by molar-refractivity contribution is -0.147. The van der Waals surface area contributed by atoms with Gasteiger partial charge in [-0.3, -0.25) is 9.59 Å². The van der Waals surface area contributed by atoms with E-state index in [1.165, 1.54) is 17.4 Å². The van der Waals surface area contributed by atoms with Gasteiger partial charge in [0.15, 0.2) is 6.61 Å². The highest BCUT2D eigenvalue weighted by atomic mass is 32.1. The summed E-state index contributed by atoms with van der Waals surface area (Å²) in [7, 11) is 0. The zero-order chi connectivity index (χ0) is 19.2. The zero-order valence-electron chi connectivity index (χ0n) is 14.5. The molecule has 0 saturated heterocycles. The van der Waals surface area contributed by atoms with Gasteiger partial charge in [0.05, 0.1) is 12.1 Å². The molecule has 2 heterocycles. The molecule has 0 aliphatic carbocycles. The largest absolute Gasteiger partial charge is 0.455 e. The maximum atomic E-state index is 13.5. The van der Waals surface area contributed by atoms with Crippen molar-refractivity contribution in [3.8, 4) is 10.6 Å². The zero-order valence-corrected chi connectivity index (χ0v) is 16.2. The maximum Gasteiger partial charge on any atom is 0.312 e. The fourth-order valence-corrected chi connectivity index (χ4v) is 3.78. The number of nitrogens with zero attached hydrogens (tertiary/aromatic N) is 1. The Balaban J connectivity index is 1.42. The Labute approximate surface area is 163 Å². The van der Waals surface area contributed by atoms with Gasteiger partial charge in [-0.25, -0.2) is 9.37 Å². The summed E-state index contributed by atoms with van der Waals surface area (Å²) in [5, 5.41) is 9.21. The SMILES string of the molecule is Cc1ccc(CNC(=O)COC(=O)Cc2csc(-c3ccsc3)n2)cc1F. The number of benzene rings is 1. The van der Waals surface area contributed by atoms with Gasteiger partial charge >= 0.3 is 5.97 Å². The molecule has 0 atom stereocenters. The molecule has 3 aromatic rings. The number of carbonyl (C=O) groups excluding carboxylic acids is 2. The summed E-state index contributed by atoms with van der Waals surface area (Å²) in [6.45, 7) is 1.46. The number of aryl methyl sites for hydroxylation is 1. The van der Waals surface area contributed by atoms with Crippen LogP contribution in [0.4, 0.5) is 4.39 Å². The Hall–Kier alpha value is -2.58. The van der Waals surface area contributed by atoms with E-state index in [9.17, 15) is 14.0 Å². The van der Waals surface area contributed by atoms with Crippen LogP contribution in [0.15, 0.2) is 40.4 Å². The first-order valence-electron chi connectivity index (χ1n) is 8.15. The molecule has 1 aromatic carbocycles. The Morgan fingerprint density at radius 3 is 2.85 bits per heavy atom. The minimum absolute atomic E-state index is 0.0110. The van der Waals surface area contributed by atoms with E-state index >= 15 is 0 Å². The second-order valence-corrected chi connectivity index (χ2v) is 7.49. The third-order valence-corrected chi connectivity index (χ3v) is 5.36. The molecule has 8 heteroatoms. The topological polar surface area (TPSA) is 68.3 Å². The van der Waals surface area contributed by atoms with Crippen LogP contribution >= 0.6 is 22.7 Å². The van der Waals surface area contributed by atoms with E-state index in [4.69, 9.17) is 4.74 Å². The van der Waals surface area contributed by atoms with Crippen molar-refractivity contribution in [3.63, 3.8) is 0 Å². The maximum absolute atomic E-state index is 13.5. The van der Waals surface area contributed by atoms with Crippen molar-refractivity contribution in [3.05, 3.63) is 63.0 Å². The standard InChI is InChI=1S/C19H17FN2O3S2/c1-12-2-3-13(6-16(12)20)8-21-17(23)9-25-18(24)7-15-11-27-19(22-15)14-4-5-26-10-14/h2-6,10-11H,7-9H2,1H3,(H,21,23). The minimum Gasteiger partial charge on any atom is -0.455 e. The van der Waals surface area contributed by atoms with Crippen LogP contribution in [0.3, 0.4) is 0 Å².